The molecule has 1 aromatic rings. The fraction of sp³-hybridized carbons (Fsp3) is 0.471. The van der Waals surface area contributed by atoms with E-state index in [2.05, 4.69) is 10.6 Å². The molecular weight excluding hydrogens is 310 g/mol. The lowest BCUT2D eigenvalue weighted by molar-refractivity contribution is -0.142. The highest BCUT2D eigenvalue weighted by atomic mass is 16.4. The van der Waals surface area contributed by atoms with Crippen LogP contribution >= 0.6 is 0 Å². The molecular formula is C17H25N3O4. The monoisotopic (exact) mass is 335 g/mol. The lowest BCUT2D eigenvalue weighted by Crippen LogP contribution is -2.42. The van der Waals surface area contributed by atoms with Gasteiger partial charge in [-0.15, -0.1) is 0 Å². The predicted octanol–water partition coefficient (Wildman–Crippen LogP) is 1.65. The van der Waals surface area contributed by atoms with Gasteiger partial charge in [0.1, 0.15) is 0 Å². The van der Waals surface area contributed by atoms with Crippen molar-refractivity contribution in [2.24, 2.45) is 17.6 Å². The fourth-order valence-corrected chi connectivity index (χ4v) is 2.40. The highest BCUT2D eigenvalue weighted by Gasteiger charge is 2.21. The largest absolute Gasteiger partial charge is 0.481 e. The number of carbonyl (C=O) groups excluding carboxylic acids is 2. The molecule has 0 aliphatic carbocycles. The van der Waals surface area contributed by atoms with Crippen LogP contribution in [0.2, 0.25) is 0 Å². The predicted molar refractivity (Wildman–Crippen MR) is 90.1 cm³/mol. The number of benzene rings is 1. The Morgan fingerprint density at radius 2 is 1.79 bits per heavy atom. The average molecular weight is 335 g/mol. The Morgan fingerprint density at radius 1 is 1.17 bits per heavy atom. The minimum absolute atomic E-state index is 0.0252. The van der Waals surface area contributed by atoms with E-state index in [-0.39, 0.29) is 18.9 Å². The quantitative estimate of drug-likeness (QED) is 0.548. The summed E-state index contributed by atoms with van der Waals surface area (Å²) in [5.74, 6) is -1.92. The van der Waals surface area contributed by atoms with Crippen LogP contribution in [0.4, 0.5) is 4.79 Å². The van der Waals surface area contributed by atoms with Gasteiger partial charge in [0.25, 0.3) is 0 Å². The molecule has 0 bridgehead atoms. The number of carbonyl (C=O) groups is 3. The summed E-state index contributed by atoms with van der Waals surface area (Å²) in [6, 6.07) is 7.91. The van der Waals surface area contributed by atoms with Crippen LogP contribution in [-0.2, 0) is 9.59 Å². The van der Waals surface area contributed by atoms with Gasteiger partial charge < -0.3 is 21.5 Å². The van der Waals surface area contributed by atoms with Crippen LogP contribution in [0.15, 0.2) is 30.3 Å². The molecule has 0 fully saturated rings. The number of urea groups is 1. The summed E-state index contributed by atoms with van der Waals surface area (Å²) in [5, 5.41) is 14.4. The second-order valence-corrected chi connectivity index (χ2v) is 6.15. The summed E-state index contributed by atoms with van der Waals surface area (Å²) >= 11 is 0. The van der Waals surface area contributed by atoms with Crippen molar-refractivity contribution in [1.29, 1.82) is 0 Å². The SMILES string of the molecule is CC(C)CC(CNC(=O)N[C@H](CC(N)=O)c1ccccc1)C(=O)O. The Balaban J connectivity index is 2.64. The lowest BCUT2D eigenvalue weighted by atomic mass is 9.97. The van der Waals surface area contributed by atoms with Gasteiger partial charge in [-0.3, -0.25) is 9.59 Å². The summed E-state index contributed by atoms with van der Waals surface area (Å²) in [7, 11) is 0. The number of nitrogens with two attached hydrogens (primary N) is 1. The summed E-state index contributed by atoms with van der Waals surface area (Å²) in [5.41, 5.74) is 5.99. The molecule has 1 unspecified atom stereocenters. The van der Waals surface area contributed by atoms with E-state index in [1.165, 1.54) is 0 Å². The van der Waals surface area contributed by atoms with Gasteiger partial charge in [0.05, 0.1) is 18.4 Å². The van der Waals surface area contributed by atoms with E-state index in [4.69, 9.17) is 5.73 Å². The summed E-state index contributed by atoms with van der Waals surface area (Å²) in [6.07, 6.45) is 0.435. The van der Waals surface area contributed by atoms with Crippen molar-refractivity contribution in [3.8, 4) is 0 Å². The maximum Gasteiger partial charge on any atom is 0.315 e. The van der Waals surface area contributed by atoms with Gasteiger partial charge in [-0.1, -0.05) is 44.2 Å². The van der Waals surface area contributed by atoms with Gasteiger partial charge >= 0.3 is 12.0 Å². The van der Waals surface area contributed by atoms with Crippen molar-refractivity contribution in [2.75, 3.05) is 6.54 Å². The zero-order chi connectivity index (χ0) is 18.1. The Labute approximate surface area is 141 Å². The second-order valence-electron chi connectivity index (χ2n) is 6.15. The number of primary amides is 1. The van der Waals surface area contributed by atoms with Crippen LogP contribution in [0.3, 0.4) is 0 Å². The molecule has 0 radical (unpaired) electrons. The first-order valence-electron chi connectivity index (χ1n) is 7.90. The number of carboxylic acids is 1. The molecule has 7 nitrogen and oxygen atoms in total. The summed E-state index contributed by atoms with van der Waals surface area (Å²) < 4.78 is 0. The van der Waals surface area contributed by atoms with Gasteiger partial charge in [-0.25, -0.2) is 4.79 Å². The molecule has 0 aromatic heterocycles. The molecule has 1 aromatic carbocycles. The van der Waals surface area contributed by atoms with E-state index in [1.807, 2.05) is 19.9 Å². The van der Waals surface area contributed by atoms with Crippen LogP contribution in [0.25, 0.3) is 0 Å². The van der Waals surface area contributed by atoms with Gasteiger partial charge in [0, 0.05) is 6.54 Å². The zero-order valence-corrected chi connectivity index (χ0v) is 14.0. The molecule has 7 heteroatoms. The maximum absolute atomic E-state index is 12.1. The van der Waals surface area contributed by atoms with Crippen molar-refractivity contribution >= 4 is 17.9 Å². The molecule has 1 rings (SSSR count). The lowest BCUT2D eigenvalue weighted by Gasteiger charge is -2.20. The van der Waals surface area contributed by atoms with Crippen LogP contribution in [0.1, 0.15) is 38.3 Å². The molecule has 2 atom stereocenters. The number of rotatable bonds is 9. The molecule has 24 heavy (non-hydrogen) atoms. The Kier molecular flexibility index (Phi) is 7.74. The fourth-order valence-electron chi connectivity index (χ4n) is 2.40. The van der Waals surface area contributed by atoms with Crippen molar-refractivity contribution < 1.29 is 19.5 Å². The number of hydrogen-bond acceptors (Lipinski definition) is 3. The molecule has 0 saturated heterocycles. The first-order chi connectivity index (χ1) is 11.3. The van der Waals surface area contributed by atoms with E-state index in [0.29, 0.717) is 6.42 Å². The molecule has 5 N–H and O–H groups in total. The Morgan fingerprint density at radius 3 is 2.29 bits per heavy atom. The second kappa shape index (κ2) is 9.54. The smallest absolute Gasteiger partial charge is 0.315 e. The highest BCUT2D eigenvalue weighted by Crippen LogP contribution is 2.16. The van der Waals surface area contributed by atoms with E-state index >= 15 is 0 Å². The summed E-state index contributed by atoms with van der Waals surface area (Å²) in [4.78, 5) is 34.5. The van der Waals surface area contributed by atoms with E-state index in [0.717, 1.165) is 5.56 Å². The van der Waals surface area contributed by atoms with Crippen LogP contribution in [0, 0.1) is 11.8 Å². The zero-order valence-electron chi connectivity index (χ0n) is 14.0. The van der Waals surface area contributed by atoms with Crippen LogP contribution < -0.4 is 16.4 Å². The van der Waals surface area contributed by atoms with Crippen LogP contribution in [0.5, 0.6) is 0 Å². The topological polar surface area (TPSA) is 122 Å². The standard InChI is InChI=1S/C17H25N3O4/c1-11(2)8-13(16(22)23)10-19-17(24)20-14(9-15(18)21)12-6-4-3-5-7-12/h3-7,11,13-14H,8-10H2,1-2H3,(H2,18,21)(H,22,23)(H2,19,20,24)/t13?,14-/m1/s1. The average Bonchev–Trinajstić information content (AvgIpc) is 2.50. The van der Waals surface area contributed by atoms with Crippen LogP contribution in [-0.4, -0.2) is 29.6 Å². The van der Waals surface area contributed by atoms with Crippen molar-refractivity contribution in [1.82, 2.24) is 10.6 Å². The van der Waals surface area contributed by atoms with Gasteiger partial charge in [0.15, 0.2) is 0 Å². The number of aliphatic carboxylic acids is 1. The molecule has 132 valence electrons. The Hall–Kier alpha value is -2.57. The molecule has 0 saturated carbocycles. The number of nitrogens with one attached hydrogen (secondary N) is 2. The van der Waals surface area contributed by atoms with Gasteiger partial charge in [0.2, 0.25) is 5.91 Å². The Bertz CT molecular complexity index is 560. The third-order valence-corrected chi connectivity index (χ3v) is 3.53. The number of hydrogen-bond donors (Lipinski definition) is 4. The maximum atomic E-state index is 12.1. The minimum atomic E-state index is -0.944. The van der Waals surface area contributed by atoms with Crippen molar-refractivity contribution in [3.63, 3.8) is 0 Å². The molecule has 0 heterocycles. The minimum Gasteiger partial charge on any atom is -0.481 e. The molecule has 3 amide bonds. The third-order valence-electron chi connectivity index (χ3n) is 3.53. The van der Waals surface area contributed by atoms with E-state index in [9.17, 15) is 19.5 Å². The first kappa shape index (κ1) is 19.5. The molecule has 0 spiro atoms. The van der Waals surface area contributed by atoms with Gasteiger partial charge in [-0.2, -0.15) is 0 Å². The number of amides is 3. The van der Waals surface area contributed by atoms with Crippen molar-refractivity contribution in [3.05, 3.63) is 35.9 Å². The number of carboxylic acid groups (broad SMARTS) is 1. The summed E-state index contributed by atoms with van der Waals surface area (Å²) in [6.45, 7) is 3.88. The van der Waals surface area contributed by atoms with Crippen molar-refractivity contribution in [2.45, 2.75) is 32.7 Å². The third kappa shape index (κ3) is 7.13. The molecule has 0 aliphatic rings. The highest BCUT2D eigenvalue weighted by molar-refractivity contribution is 5.78. The van der Waals surface area contributed by atoms with Gasteiger partial charge in [-0.05, 0) is 17.9 Å². The normalized spacial score (nSPS) is 13.1. The van der Waals surface area contributed by atoms with E-state index < -0.39 is 29.9 Å². The first-order valence-corrected chi connectivity index (χ1v) is 7.90. The molecule has 0 aliphatic heterocycles. The van der Waals surface area contributed by atoms with E-state index in [1.54, 1.807) is 24.3 Å².